The molecule has 2 aromatic rings. The summed E-state index contributed by atoms with van der Waals surface area (Å²) in [5, 5.41) is 5.66. The lowest BCUT2D eigenvalue weighted by molar-refractivity contribution is 0.564. The number of para-hydroxylation sites is 2. The molecule has 0 saturated carbocycles. The van der Waals surface area contributed by atoms with E-state index in [2.05, 4.69) is 10.6 Å². The molecular weight excluding hydrogens is 252 g/mol. The van der Waals surface area contributed by atoms with E-state index in [0.717, 1.165) is 0 Å². The molecule has 2 N–H and O–H groups in total. The molecule has 0 radical (unpaired) electrons. The molecular formula is C16H12N2O2. The summed E-state index contributed by atoms with van der Waals surface area (Å²) in [4.78, 5) is 22.1. The Hall–Kier alpha value is -3.06. The minimum Gasteiger partial charge on any atom is -0.344 e. The smallest absolute Gasteiger partial charge is 0.159 e. The van der Waals surface area contributed by atoms with Gasteiger partial charge in [-0.05, 0) is 24.3 Å². The Morgan fingerprint density at radius 3 is 1.30 bits per heavy atom. The van der Waals surface area contributed by atoms with Crippen LogP contribution in [0.5, 0.6) is 0 Å². The zero-order valence-electron chi connectivity index (χ0n) is 10.6. The van der Waals surface area contributed by atoms with Crippen LogP contribution in [0, 0.1) is 0 Å². The summed E-state index contributed by atoms with van der Waals surface area (Å²) in [5.74, 6) is 3.43. The van der Waals surface area contributed by atoms with E-state index in [1.165, 1.54) is 0 Å². The van der Waals surface area contributed by atoms with Crippen LogP contribution in [0.1, 0.15) is 0 Å². The Bertz CT molecular complexity index is 607. The summed E-state index contributed by atoms with van der Waals surface area (Å²) < 4.78 is 0. The maximum atomic E-state index is 11.0. The average Bonchev–Trinajstić information content (AvgIpc) is 2.52. The molecule has 0 atom stereocenters. The lowest BCUT2D eigenvalue weighted by Crippen LogP contribution is -2.11. The highest BCUT2D eigenvalue weighted by Crippen LogP contribution is 2.15. The molecule has 0 bridgehead atoms. The summed E-state index contributed by atoms with van der Waals surface area (Å²) in [6, 6.07) is 18.1. The number of hydrogen-bond acceptors (Lipinski definition) is 4. The van der Waals surface area contributed by atoms with Gasteiger partial charge < -0.3 is 10.6 Å². The van der Waals surface area contributed by atoms with Crippen LogP contribution < -0.4 is 10.6 Å². The summed E-state index contributed by atoms with van der Waals surface area (Å²) in [5.41, 5.74) is 1.40. The van der Waals surface area contributed by atoms with Gasteiger partial charge in [0.05, 0.1) is 0 Å². The zero-order chi connectivity index (χ0) is 14.2. The van der Waals surface area contributed by atoms with Gasteiger partial charge >= 0.3 is 0 Å². The number of carbonyl (C=O) groups excluding carboxylic acids is 2. The molecule has 0 aliphatic heterocycles. The van der Waals surface area contributed by atoms with Crippen LogP contribution in [0.4, 0.5) is 11.4 Å². The van der Waals surface area contributed by atoms with E-state index in [-0.39, 0.29) is 11.4 Å². The largest absolute Gasteiger partial charge is 0.344 e. The van der Waals surface area contributed by atoms with Gasteiger partial charge in [0.2, 0.25) is 0 Å². The van der Waals surface area contributed by atoms with Gasteiger partial charge in [0.15, 0.2) is 23.3 Å². The first-order valence-electron chi connectivity index (χ1n) is 5.98. The van der Waals surface area contributed by atoms with E-state index in [0.29, 0.717) is 11.4 Å². The monoisotopic (exact) mass is 264 g/mol. The summed E-state index contributed by atoms with van der Waals surface area (Å²) >= 11 is 0. The van der Waals surface area contributed by atoms with Crippen LogP contribution in [0.15, 0.2) is 72.1 Å². The summed E-state index contributed by atoms with van der Waals surface area (Å²) in [7, 11) is 0. The van der Waals surface area contributed by atoms with Crippen LogP contribution in [-0.4, -0.2) is 11.9 Å². The maximum Gasteiger partial charge on any atom is 0.159 e. The van der Waals surface area contributed by atoms with Crippen molar-refractivity contribution >= 4 is 23.3 Å². The van der Waals surface area contributed by atoms with E-state index in [9.17, 15) is 9.59 Å². The first-order valence-corrected chi connectivity index (χ1v) is 5.98. The minimum absolute atomic E-state index is 0.00931. The van der Waals surface area contributed by atoms with Crippen LogP contribution in [-0.2, 0) is 9.59 Å². The molecule has 0 aliphatic rings. The molecule has 4 nitrogen and oxygen atoms in total. The third-order valence-corrected chi connectivity index (χ3v) is 2.54. The Balaban J connectivity index is 2.18. The number of hydrogen-bond donors (Lipinski definition) is 2. The van der Waals surface area contributed by atoms with E-state index < -0.39 is 0 Å². The van der Waals surface area contributed by atoms with Crippen molar-refractivity contribution in [3.05, 3.63) is 72.1 Å². The van der Waals surface area contributed by atoms with Crippen molar-refractivity contribution in [3.63, 3.8) is 0 Å². The Kier molecular flexibility index (Phi) is 4.52. The molecule has 0 unspecified atom stereocenters. The van der Waals surface area contributed by atoms with Crippen molar-refractivity contribution in [2.75, 3.05) is 10.6 Å². The highest BCUT2D eigenvalue weighted by Gasteiger charge is 2.08. The second kappa shape index (κ2) is 6.76. The van der Waals surface area contributed by atoms with Gasteiger partial charge in [0.1, 0.15) is 0 Å². The molecule has 0 aromatic heterocycles. The SMILES string of the molecule is O=C=C(Nc1ccccc1)C(=C=O)Nc1ccccc1. The molecule has 2 aromatic carbocycles. The average molecular weight is 264 g/mol. The Morgan fingerprint density at radius 2 is 1.00 bits per heavy atom. The summed E-state index contributed by atoms with van der Waals surface area (Å²) in [6.07, 6.45) is 0. The second-order valence-corrected chi connectivity index (χ2v) is 3.94. The van der Waals surface area contributed by atoms with Crippen molar-refractivity contribution in [3.8, 4) is 0 Å². The van der Waals surface area contributed by atoms with E-state index >= 15 is 0 Å². The fourth-order valence-corrected chi connectivity index (χ4v) is 1.61. The van der Waals surface area contributed by atoms with Crippen molar-refractivity contribution < 1.29 is 9.59 Å². The third kappa shape index (κ3) is 3.47. The Labute approximate surface area is 116 Å². The molecule has 0 saturated heterocycles. The lowest BCUT2D eigenvalue weighted by atomic mass is 10.2. The normalized spacial score (nSPS) is 9.00. The number of nitrogens with one attached hydrogen (secondary N) is 2. The molecule has 0 heterocycles. The molecule has 98 valence electrons. The van der Waals surface area contributed by atoms with Crippen molar-refractivity contribution in [1.29, 1.82) is 0 Å². The fraction of sp³-hybridized carbons (Fsp3) is 0. The van der Waals surface area contributed by atoms with Gasteiger partial charge in [0, 0.05) is 11.4 Å². The quantitative estimate of drug-likeness (QED) is 0.644. The topological polar surface area (TPSA) is 58.2 Å². The third-order valence-electron chi connectivity index (χ3n) is 2.54. The molecule has 0 amide bonds. The van der Waals surface area contributed by atoms with E-state index in [1.54, 1.807) is 36.1 Å². The fourth-order valence-electron chi connectivity index (χ4n) is 1.61. The molecule has 4 heteroatoms. The van der Waals surface area contributed by atoms with Gasteiger partial charge in [-0.2, -0.15) is 0 Å². The van der Waals surface area contributed by atoms with Crippen molar-refractivity contribution in [1.82, 2.24) is 0 Å². The number of rotatable bonds is 5. The highest BCUT2D eigenvalue weighted by molar-refractivity contribution is 5.79. The van der Waals surface area contributed by atoms with Gasteiger partial charge in [0.25, 0.3) is 0 Å². The van der Waals surface area contributed by atoms with Gasteiger partial charge in [-0.15, -0.1) is 0 Å². The standard InChI is InChI=1S/C16H12N2O2/c19-11-15(17-13-7-3-1-4-8-13)16(12-20)18-14-9-5-2-6-10-14/h1-10,17-18H. The molecule has 0 fully saturated rings. The Morgan fingerprint density at radius 1 is 0.650 bits per heavy atom. The first kappa shape index (κ1) is 13.4. The summed E-state index contributed by atoms with van der Waals surface area (Å²) in [6.45, 7) is 0. The molecule has 20 heavy (non-hydrogen) atoms. The predicted molar refractivity (Wildman–Crippen MR) is 78.5 cm³/mol. The van der Waals surface area contributed by atoms with Crippen LogP contribution >= 0.6 is 0 Å². The van der Waals surface area contributed by atoms with Gasteiger partial charge in [-0.1, -0.05) is 36.4 Å². The van der Waals surface area contributed by atoms with Crippen molar-refractivity contribution in [2.24, 2.45) is 0 Å². The van der Waals surface area contributed by atoms with Gasteiger partial charge in [-0.3, -0.25) is 0 Å². The lowest BCUT2D eigenvalue weighted by Gasteiger charge is -2.10. The second-order valence-electron chi connectivity index (χ2n) is 3.94. The minimum atomic E-state index is 0.00931. The van der Waals surface area contributed by atoms with Crippen molar-refractivity contribution in [2.45, 2.75) is 0 Å². The highest BCUT2D eigenvalue weighted by atomic mass is 16.1. The first-order chi connectivity index (χ1) is 9.83. The predicted octanol–water partition coefficient (Wildman–Crippen LogP) is 2.64. The van der Waals surface area contributed by atoms with Crippen LogP contribution in [0.25, 0.3) is 0 Å². The van der Waals surface area contributed by atoms with E-state index in [4.69, 9.17) is 0 Å². The van der Waals surface area contributed by atoms with Gasteiger partial charge in [-0.25, -0.2) is 9.59 Å². The molecule has 0 spiro atoms. The van der Waals surface area contributed by atoms with Crippen LogP contribution in [0.3, 0.4) is 0 Å². The maximum absolute atomic E-state index is 11.0. The number of benzene rings is 2. The van der Waals surface area contributed by atoms with Crippen LogP contribution in [0.2, 0.25) is 0 Å². The molecule has 0 aliphatic carbocycles. The zero-order valence-corrected chi connectivity index (χ0v) is 10.6. The van der Waals surface area contributed by atoms with E-state index in [1.807, 2.05) is 36.4 Å². The number of anilines is 2. The molecule has 2 rings (SSSR count).